The maximum Gasteiger partial charge on any atom is 0.425 e. The topological polar surface area (TPSA) is 150 Å². The van der Waals surface area contributed by atoms with Crippen LogP contribution in [0.2, 0.25) is 0 Å². The number of aliphatic hydroxyl groups excluding tert-OH is 1. The lowest BCUT2D eigenvalue weighted by atomic mass is 9.92. The predicted octanol–water partition coefficient (Wildman–Crippen LogP) is 7.13. The molecule has 2 N–H and O–H groups in total. The van der Waals surface area contributed by atoms with Crippen molar-refractivity contribution >= 4 is 40.5 Å². The van der Waals surface area contributed by atoms with Gasteiger partial charge in [-0.05, 0) is 41.8 Å². The Labute approximate surface area is 317 Å². The highest BCUT2D eigenvalue weighted by molar-refractivity contribution is 5.98. The van der Waals surface area contributed by atoms with Crippen LogP contribution in [0.1, 0.15) is 30.7 Å². The minimum absolute atomic E-state index is 0.0529. The third kappa shape index (κ3) is 8.30. The van der Waals surface area contributed by atoms with Crippen LogP contribution in [0.5, 0.6) is 5.88 Å². The van der Waals surface area contributed by atoms with Gasteiger partial charge in [0.1, 0.15) is 17.8 Å². The lowest BCUT2D eigenvalue weighted by Crippen LogP contribution is -2.48. The maximum absolute atomic E-state index is 14.0. The molecule has 0 saturated carbocycles. The molecule has 1 fully saturated rings. The Morgan fingerprint density at radius 2 is 1.47 bits per heavy atom. The van der Waals surface area contributed by atoms with E-state index >= 15 is 0 Å². The van der Waals surface area contributed by atoms with Gasteiger partial charge in [0.25, 0.3) is 5.88 Å². The van der Waals surface area contributed by atoms with Crippen LogP contribution in [0.4, 0.5) is 22.1 Å². The fourth-order valence-electron chi connectivity index (χ4n) is 6.57. The normalized spacial score (nSPS) is 19.2. The first kappa shape index (κ1) is 37.1. The summed E-state index contributed by atoms with van der Waals surface area (Å²) >= 11 is 0. The summed E-state index contributed by atoms with van der Waals surface area (Å²) < 4.78 is 27.0. The molecule has 2 aromatic heterocycles. The van der Waals surface area contributed by atoms with Gasteiger partial charge in [0.05, 0.1) is 37.5 Å². The van der Waals surface area contributed by atoms with Crippen molar-refractivity contribution in [1.29, 1.82) is 0 Å². The second-order valence-electron chi connectivity index (χ2n) is 13.0. The third-order valence-electron chi connectivity index (χ3n) is 9.04. The lowest BCUT2D eigenvalue weighted by molar-refractivity contribution is -0.154. The first-order valence-corrected chi connectivity index (χ1v) is 17.7. The van der Waals surface area contributed by atoms with Crippen LogP contribution < -0.4 is 15.0 Å². The Hall–Kier alpha value is -6.25. The van der Waals surface area contributed by atoms with Gasteiger partial charge in [-0.25, -0.2) is 14.7 Å². The molecule has 0 spiro atoms. The summed E-state index contributed by atoms with van der Waals surface area (Å²) in [5.41, 5.74) is 1.99. The van der Waals surface area contributed by atoms with Crippen LogP contribution in [0, 0.1) is 0 Å². The van der Waals surface area contributed by atoms with Crippen molar-refractivity contribution in [3.63, 3.8) is 0 Å². The van der Waals surface area contributed by atoms with Crippen LogP contribution >= 0.6 is 0 Å². The van der Waals surface area contributed by atoms with E-state index in [1.807, 2.05) is 72.8 Å². The first-order valence-electron chi connectivity index (χ1n) is 17.7. The van der Waals surface area contributed by atoms with Gasteiger partial charge in [-0.3, -0.25) is 14.7 Å². The number of para-hydroxylation sites is 2. The number of nitrogens with zero attached hydrogens (tertiary/aromatic N) is 5. The average Bonchev–Trinajstić information content (AvgIpc) is 3.73. The second-order valence-corrected chi connectivity index (χ2v) is 13.0. The highest BCUT2D eigenvalue weighted by Crippen LogP contribution is 2.44. The first-order chi connectivity index (χ1) is 26.8. The SMILES string of the molecule is C=CC[C@]1(COCc2ccccc2)O[C@@H](n2cnc3c(OC(=O)N(c4ccccc4)c4ccccc4)nc(NC(C)=O)nc32)[C@H](O)[C@@H]1OCc1ccccc1. The Balaban J connectivity index is 1.25. The monoisotopic (exact) mass is 740 g/mol. The molecule has 280 valence electrons. The Morgan fingerprint density at radius 1 is 0.891 bits per heavy atom. The zero-order valence-electron chi connectivity index (χ0n) is 30.1. The molecule has 1 aliphatic rings. The van der Waals surface area contributed by atoms with Crippen molar-refractivity contribution < 1.29 is 33.6 Å². The largest absolute Gasteiger partial charge is 0.425 e. The number of carbonyl (C=O) groups is 2. The van der Waals surface area contributed by atoms with Crippen molar-refractivity contribution in [2.24, 2.45) is 0 Å². The summed E-state index contributed by atoms with van der Waals surface area (Å²) in [5.74, 6) is -0.823. The van der Waals surface area contributed by atoms with Gasteiger partial charge in [0, 0.05) is 6.92 Å². The summed E-state index contributed by atoms with van der Waals surface area (Å²) in [6.07, 6.45) is -0.678. The molecule has 0 radical (unpaired) electrons. The zero-order chi connectivity index (χ0) is 38.2. The van der Waals surface area contributed by atoms with Crippen molar-refractivity contribution in [3.05, 3.63) is 151 Å². The van der Waals surface area contributed by atoms with E-state index in [0.29, 0.717) is 18.0 Å². The standard InChI is InChI=1S/C42H40N6O7/c1-3-24-42(27-52-25-30-16-8-4-9-17-30)36(53-26-31-18-10-5-11-19-31)35(50)39(55-42)47-28-43-34-37(47)45-40(44-29(2)49)46-38(34)54-41(51)48(32-20-12-6-13-21-32)33-22-14-7-15-23-33/h3-23,28,35-36,39,50H,1,24-27H2,2H3,(H,44,45,46,49)/t35-,36+,39-,42-/m1/s1. The van der Waals surface area contributed by atoms with E-state index in [1.54, 1.807) is 54.6 Å². The number of ether oxygens (including phenoxy) is 4. The van der Waals surface area contributed by atoms with Gasteiger partial charge >= 0.3 is 6.09 Å². The molecule has 1 aliphatic heterocycles. The number of rotatable bonds is 14. The van der Waals surface area contributed by atoms with Crippen molar-refractivity contribution in [1.82, 2.24) is 19.5 Å². The Morgan fingerprint density at radius 3 is 2.05 bits per heavy atom. The predicted molar refractivity (Wildman–Crippen MR) is 205 cm³/mol. The van der Waals surface area contributed by atoms with Gasteiger partial charge in [0.2, 0.25) is 11.9 Å². The zero-order valence-corrected chi connectivity index (χ0v) is 30.1. The van der Waals surface area contributed by atoms with Crippen LogP contribution in [0.25, 0.3) is 11.2 Å². The van der Waals surface area contributed by atoms with E-state index in [1.165, 1.54) is 22.7 Å². The van der Waals surface area contributed by atoms with Crippen molar-refractivity contribution in [2.45, 2.75) is 50.6 Å². The Kier molecular flexibility index (Phi) is 11.3. The number of anilines is 3. The van der Waals surface area contributed by atoms with Crippen molar-refractivity contribution in [2.75, 3.05) is 16.8 Å². The van der Waals surface area contributed by atoms with E-state index in [-0.39, 0.29) is 42.6 Å². The molecular formula is C42H40N6O7. The van der Waals surface area contributed by atoms with E-state index in [9.17, 15) is 14.7 Å². The molecule has 13 heteroatoms. The number of fused-ring (bicyclic) bond motifs is 1. The Bertz CT molecular complexity index is 2180. The number of aliphatic hydroxyl groups is 1. The number of aromatic nitrogens is 4. The summed E-state index contributed by atoms with van der Waals surface area (Å²) in [5, 5.41) is 14.7. The molecule has 2 amide bonds. The summed E-state index contributed by atoms with van der Waals surface area (Å²) in [6, 6.07) is 37.3. The molecule has 0 unspecified atom stereocenters. The molecular weight excluding hydrogens is 700 g/mol. The third-order valence-corrected chi connectivity index (χ3v) is 9.04. The van der Waals surface area contributed by atoms with Gasteiger partial charge in [-0.2, -0.15) is 9.97 Å². The minimum Gasteiger partial charge on any atom is -0.388 e. The number of amides is 2. The van der Waals surface area contributed by atoms with E-state index < -0.39 is 36.0 Å². The van der Waals surface area contributed by atoms with Crippen molar-refractivity contribution in [3.8, 4) is 5.88 Å². The minimum atomic E-state index is -1.27. The highest BCUT2D eigenvalue weighted by atomic mass is 16.6. The van der Waals surface area contributed by atoms with Gasteiger partial charge < -0.3 is 24.1 Å². The van der Waals surface area contributed by atoms with Crippen LogP contribution in [-0.4, -0.2) is 61.0 Å². The number of carbonyl (C=O) groups excluding carboxylic acids is 2. The lowest BCUT2D eigenvalue weighted by Gasteiger charge is -2.33. The number of nitrogens with one attached hydrogen (secondary N) is 1. The van der Waals surface area contributed by atoms with E-state index in [4.69, 9.17) is 18.9 Å². The molecule has 4 atom stereocenters. The molecule has 6 aromatic rings. The molecule has 55 heavy (non-hydrogen) atoms. The fourth-order valence-corrected chi connectivity index (χ4v) is 6.57. The molecule has 3 heterocycles. The molecule has 13 nitrogen and oxygen atoms in total. The summed E-state index contributed by atoms with van der Waals surface area (Å²) in [4.78, 5) is 41.1. The summed E-state index contributed by atoms with van der Waals surface area (Å²) in [6.45, 7) is 5.83. The van der Waals surface area contributed by atoms with Crippen LogP contribution in [-0.2, 0) is 32.2 Å². The number of hydrogen-bond donors (Lipinski definition) is 2. The number of benzene rings is 4. The maximum atomic E-state index is 14.0. The second kappa shape index (κ2) is 16.8. The smallest absolute Gasteiger partial charge is 0.388 e. The van der Waals surface area contributed by atoms with Crippen LogP contribution in [0.15, 0.2) is 140 Å². The number of hydrogen-bond acceptors (Lipinski definition) is 10. The average molecular weight is 741 g/mol. The van der Waals surface area contributed by atoms with E-state index in [2.05, 4.69) is 26.8 Å². The van der Waals surface area contributed by atoms with Gasteiger partial charge in [-0.15, -0.1) is 6.58 Å². The van der Waals surface area contributed by atoms with Gasteiger partial charge in [-0.1, -0.05) is 103 Å². The molecule has 0 bridgehead atoms. The van der Waals surface area contributed by atoms with E-state index in [0.717, 1.165) is 11.1 Å². The number of imidazole rings is 1. The molecule has 4 aromatic carbocycles. The quantitative estimate of drug-likeness (QED) is 0.111. The van der Waals surface area contributed by atoms with Gasteiger partial charge in [0.15, 0.2) is 17.4 Å². The fraction of sp³-hybridized carbons (Fsp3) is 0.214. The summed E-state index contributed by atoms with van der Waals surface area (Å²) in [7, 11) is 0. The molecule has 7 rings (SSSR count). The molecule has 0 aliphatic carbocycles. The highest BCUT2D eigenvalue weighted by Gasteiger charge is 2.56. The van der Waals surface area contributed by atoms with Crippen LogP contribution in [0.3, 0.4) is 0 Å². The molecule has 1 saturated heterocycles.